The molecule has 2 fully saturated rings. The summed E-state index contributed by atoms with van der Waals surface area (Å²) < 4.78 is 0. The van der Waals surface area contributed by atoms with Crippen LogP contribution in [0.3, 0.4) is 0 Å². The molecule has 0 aromatic heterocycles. The summed E-state index contributed by atoms with van der Waals surface area (Å²) in [6, 6.07) is 1.60. The third-order valence-corrected chi connectivity index (χ3v) is 4.85. The van der Waals surface area contributed by atoms with E-state index in [0.717, 1.165) is 23.9 Å². The summed E-state index contributed by atoms with van der Waals surface area (Å²) in [6.07, 6.45) is 8.42. The zero-order valence-corrected chi connectivity index (χ0v) is 12.6. The summed E-state index contributed by atoms with van der Waals surface area (Å²) in [6.45, 7) is 10.9. The third kappa shape index (κ3) is 4.24. The lowest BCUT2D eigenvalue weighted by Gasteiger charge is -2.37. The zero-order valence-electron chi connectivity index (χ0n) is 12.6. The Balaban J connectivity index is 1.90. The highest BCUT2D eigenvalue weighted by molar-refractivity contribution is 4.84. The van der Waals surface area contributed by atoms with Crippen LogP contribution in [0.1, 0.15) is 59.3 Å². The topological polar surface area (TPSA) is 15.3 Å². The van der Waals surface area contributed by atoms with Gasteiger partial charge in [-0.1, -0.05) is 33.6 Å². The molecule has 3 unspecified atom stereocenters. The van der Waals surface area contributed by atoms with Gasteiger partial charge in [-0.25, -0.2) is 0 Å². The lowest BCUT2D eigenvalue weighted by atomic mass is 9.99. The second-order valence-electron chi connectivity index (χ2n) is 6.64. The highest BCUT2D eigenvalue weighted by Gasteiger charge is 2.29. The third-order valence-electron chi connectivity index (χ3n) is 4.85. The van der Waals surface area contributed by atoms with E-state index in [1.807, 2.05) is 0 Å². The summed E-state index contributed by atoms with van der Waals surface area (Å²) in [5, 5.41) is 3.72. The second kappa shape index (κ2) is 6.91. The van der Waals surface area contributed by atoms with Gasteiger partial charge in [-0.3, -0.25) is 0 Å². The first-order valence-electron chi connectivity index (χ1n) is 8.20. The molecule has 2 rings (SSSR count). The highest BCUT2D eigenvalue weighted by atomic mass is 15.2. The predicted octanol–water partition coefficient (Wildman–Crippen LogP) is 3.28. The van der Waals surface area contributed by atoms with Crippen molar-refractivity contribution < 1.29 is 0 Å². The van der Waals surface area contributed by atoms with E-state index in [1.165, 1.54) is 58.2 Å². The molecule has 1 saturated carbocycles. The van der Waals surface area contributed by atoms with Crippen molar-refractivity contribution in [2.24, 2.45) is 11.8 Å². The molecule has 0 aromatic carbocycles. The molecular formula is C16H32N2. The van der Waals surface area contributed by atoms with Gasteiger partial charge in [0.05, 0.1) is 0 Å². The Labute approximate surface area is 114 Å². The normalized spacial score (nSPS) is 32.8. The molecule has 1 saturated heterocycles. The molecule has 18 heavy (non-hydrogen) atoms. The largest absolute Gasteiger partial charge is 0.314 e. The number of rotatable bonds is 5. The Hall–Kier alpha value is -0.0800. The van der Waals surface area contributed by atoms with E-state index in [0.29, 0.717) is 0 Å². The molecule has 1 aliphatic heterocycles. The zero-order chi connectivity index (χ0) is 13.0. The van der Waals surface area contributed by atoms with Crippen molar-refractivity contribution in [3.63, 3.8) is 0 Å². The number of hydrogen-bond donors (Lipinski definition) is 1. The van der Waals surface area contributed by atoms with Crippen molar-refractivity contribution in [3.8, 4) is 0 Å². The lowest BCUT2D eigenvalue weighted by molar-refractivity contribution is 0.130. The van der Waals surface area contributed by atoms with E-state index in [9.17, 15) is 0 Å². The Kier molecular flexibility index (Phi) is 5.50. The van der Waals surface area contributed by atoms with E-state index in [-0.39, 0.29) is 0 Å². The van der Waals surface area contributed by atoms with Gasteiger partial charge in [0.15, 0.2) is 0 Å². The molecule has 3 atom stereocenters. The van der Waals surface area contributed by atoms with Crippen LogP contribution < -0.4 is 5.32 Å². The molecular weight excluding hydrogens is 220 g/mol. The molecule has 1 heterocycles. The molecule has 0 bridgehead atoms. The van der Waals surface area contributed by atoms with Gasteiger partial charge in [0.1, 0.15) is 0 Å². The Bertz CT molecular complexity index is 237. The molecule has 2 heteroatoms. The minimum atomic E-state index is 0.744. The van der Waals surface area contributed by atoms with Gasteiger partial charge in [-0.05, 0) is 50.6 Å². The molecule has 0 spiro atoms. The van der Waals surface area contributed by atoms with Gasteiger partial charge in [-0.15, -0.1) is 0 Å². The van der Waals surface area contributed by atoms with Gasteiger partial charge in [-0.2, -0.15) is 0 Å². The standard InChI is InChI=1S/C16H32N2/c1-4-15-8-9-18(12-13(3)11-17-15)16(5-2)10-14-6-7-14/h13-17H,4-12H2,1-3H3. The van der Waals surface area contributed by atoms with E-state index in [4.69, 9.17) is 0 Å². The number of nitrogens with zero attached hydrogens (tertiary/aromatic N) is 1. The Morgan fingerprint density at radius 3 is 2.61 bits per heavy atom. The van der Waals surface area contributed by atoms with Crippen LogP contribution in [0.2, 0.25) is 0 Å². The first kappa shape index (κ1) is 14.3. The minimum Gasteiger partial charge on any atom is -0.314 e. The molecule has 2 nitrogen and oxygen atoms in total. The minimum absolute atomic E-state index is 0.744. The van der Waals surface area contributed by atoms with Gasteiger partial charge in [0.25, 0.3) is 0 Å². The Morgan fingerprint density at radius 2 is 2.00 bits per heavy atom. The van der Waals surface area contributed by atoms with Crippen molar-refractivity contribution in [1.82, 2.24) is 10.2 Å². The van der Waals surface area contributed by atoms with Crippen molar-refractivity contribution in [3.05, 3.63) is 0 Å². The van der Waals surface area contributed by atoms with E-state index >= 15 is 0 Å². The van der Waals surface area contributed by atoms with E-state index in [2.05, 4.69) is 31.0 Å². The van der Waals surface area contributed by atoms with Crippen LogP contribution in [0.15, 0.2) is 0 Å². The quantitative estimate of drug-likeness (QED) is 0.808. The smallest absolute Gasteiger partial charge is 0.00954 e. The molecule has 0 aromatic rings. The van der Waals surface area contributed by atoms with Gasteiger partial charge >= 0.3 is 0 Å². The van der Waals surface area contributed by atoms with Crippen LogP contribution in [0.5, 0.6) is 0 Å². The van der Waals surface area contributed by atoms with E-state index < -0.39 is 0 Å². The first-order chi connectivity index (χ1) is 8.72. The summed E-state index contributed by atoms with van der Waals surface area (Å²) >= 11 is 0. The van der Waals surface area contributed by atoms with Crippen LogP contribution in [-0.2, 0) is 0 Å². The van der Waals surface area contributed by atoms with Crippen LogP contribution in [-0.4, -0.2) is 36.6 Å². The highest BCUT2D eigenvalue weighted by Crippen LogP contribution is 2.35. The van der Waals surface area contributed by atoms with Crippen molar-refractivity contribution in [2.75, 3.05) is 19.6 Å². The average Bonchev–Trinajstić information content (AvgIpc) is 3.16. The number of hydrogen-bond acceptors (Lipinski definition) is 2. The SMILES string of the molecule is CCC1CCN(C(CC)CC2CC2)CC(C)CN1. The van der Waals surface area contributed by atoms with Gasteiger partial charge in [0.2, 0.25) is 0 Å². The summed E-state index contributed by atoms with van der Waals surface area (Å²) in [7, 11) is 0. The fourth-order valence-corrected chi connectivity index (χ4v) is 3.34. The molecule has 1 aliphatic carbocycles. The van der Waals surface area contributed by atoms with Crippen LogP contribution in [0, 0.1) is 11.8 Å². The van der Waals surface area contributed by atoms with Crippen molar-refractivity contribution in [2.45, 2.75) is 71.4 Å². The average molecular weight is 252 g/mol. The first-order valence-corrected chi connectivity index (χ1v) is 8.20. The fraction of sp³-hybridized carbons (Fsp3) is 1.00. The van der Waals surface area contributed by atoms with E-state index in [1.54, 1.807) is 0 Å². The number of nitrogens with one attached hydrogen (secondary N) is 1. The maximum atomic E-state index is 3.72. The molecule has 0 radical (unpaired) electrons. The summed E-state index contributed by atoms with van der Waals surface area (Å²) in [4.78, 5) is 2.81. The lowest BCUT2D eigenvalue weighted by Crippen LogP contribution is -2.47. The predicted molar refractivity (Wildman–Crippen MR) is 78.9 cm³/mol. The monoisotopic (exact) mass is 252 g/mol. The van der Waals surface area contributed by atoms with Gasteiger partial charge < -0.3 is 10.2 Å². The maximum absolute atomic E-state index is 3.72. The van der Waals surface area contributed by atoms with Crippen molar-refractivity contribution in [1.29, 1.82) is 0 Å². The molecule has 106 valence electrons. The van der Waals surface area contributed by atoms with Crippen LogP contribution >= 0.6 is 0 Å². The summed E-state index contributed by atoms with van der Waals surface area (Å²) in [5.74, 6) is 1.86. The van der Waals surface area contributed by atoms with Crippen molar-refractivity contribution >= 4 is 0 Å². The second-order valence-corrected chi connectivity index (χ2v) is 6.64. The van der Waals surface area contributed by atoms with Crippen LogP contribution in [0.4, 0.5) is 0 Å². The van der Waals surface area contributed by atoms with Gasteiger partial charge in [0, 0.05) is 18.6 Å². The summed E-state index contributed by atoms with van der Waals surface area (Å²) in [5.41, 5.74) is 0. The van der Waals surface area contributed by atoms with Crippen LogP contribution in [0.25, 0.3) is 0 Å². The maximum Gasteiger partial charge on any atom is 0.00954 e. The Morgan fingerprint density at radius 1 is 1.22 bits per heavy atom. The molecule has 2 aliphatic rings. The fourth-order valence-electron chi connectivity index (χ4n) is 3.34. The molecule has 1 N–H and O–H groups in total. The molecule has 0 amide bonds.